The largest absolute Gasteiger partial charge is 0.335 e. The van der Waals surface area contributed by atoms with E-state index in [0.29, 0.717) is 27.9 Å². The first-order chi connectivity index (χ1) is 13.0. The maximum atomic E-state index is 12.3. The van der Waals surface area contributed by atoms with Crippen LogP contribution in [0, 0.1) is 6.92 Å². The number of fused-ring (bicyclic) bond motifs is 1. The van der Waals surface area contributed by atoms with Gasteiger partial charge in [-0.25, -0.2) is 9.78 Å². The summed E-state index contributed by atoms with van der Waals surface area (Å²) in [5.74, 6) is 0.693. The van der Waals surface area contributed by atoms with Gasteiger partial charge in [-0.3, -0.25) is 5.10 Å². The van der Waals surface area contributed by atoms with Crippen molar-refractivity contribution in [3.05, 3.63) is 58.2 Å². The van der Waals surface area contributed by atoms with Crippen molar-refractivity contribution < 1.29 is 4.79 Å². The van der Waals surface area contributed by atoms with Crippen LogP contribution in [-0.4, -0.2) is 26.2 Å². The fraction of sp³-hybridized carbons (Fsp3) is 0.0556. The van der Waals surface area contributed by atoms with Crippen LogP contribution < -0.4 is 10.6 Å². The lowest BCUT2D eigenvalue weighted by atomic mass is 10.1. The molecule has 4 N–H and O–H groups in total. The number of carbonyl (C=O) groups excluding carboxylic acids is 1. The van der Waals surface area contributed by atoms with E-state index in [-0.39, 0.29) is 5.02 Å². The van der Waals surface area contributed by atoms with Gasteiger partial charge in [0, 0.05) is 11.3 Å². The molecule has 0 spiro atoms. The van der Waals surface area contributed by atoms with Crippen molar-refractivity contribution in [2.24, 2.45) is 0 Å². The maximum Gasteiger partial charge on any atom is 0.323 e. The summed E-state index contributed by atoms with van der Waals surface area (Å²) in [6.07, 6.45) is 1.67. The molecule has 4 aromatic rings. The highest BCUT2D eigenvalue weighted by Gasteiger charge is 2.12. The molecule has 0 unspecified atom stereocenters. The number of hydrogen-bond donors (Lipinski definition) is 4. The number of amides is 2. The third kappa shape index (κ3) is 3.47. The molecule has 4 rings (SSSR count). The molecule has 0 radical (unpaired) electrons. The highest BCUT2D eigenvalue weighted by molar-refractivity contribution is 6.44. The average Bonchev–Trinajstić information content (AvgIpc) is 3.22. The first-order valence-electron chi connectivity index (χ1n) is 8.03. The number of halogens is 2. The summed E-state index contributed by atoms with van der Waals surface area (Å²) in [6.45, 7) is 1.97. The highest BCUT2D eigenvalue weighted by Crippen LogP contribution is 2.30. The molecule has 2 amide bonds. The second-order valence-corrected chi connectivity index (χ2v) is 6.71. The number of hydrogen-bond acceptors (Lipinski definition) is 3. The molecule has 7 nitrogen and oxygen atoms in total. The summed E-state index contributed by atoms with van der Waals surface area (Å²) in [5, 5.41) is 12.9. The molecule has 0 atom stereocenters. The summed E-state index contributed by atoms with van der Waals surface area (Å²) in [4.78, 5) is 20.0. The standard InChI is InChI=1S/C18H14Cl2N6O/c1-9-5-6-10(7-11(9)16-23-14-8-21-26-17(14)25-16)22-18(27)24-13-4-2-3-12(19)15(13)20/h2-8H,1H3,(H2,22,24,27)(H2,21,23,25,26). The number of imidazole rings is 1. The minimum atomic E-state index is -0.426. The fourth-order valence-corrected chi connectivity index (χ4v) is 3.04. The van der Waals surface area contributed by atoms with Crippen LogP contribution in [0.25, 0.3) is 22.6 Å². The Balaban J connectivity index is 1.56. The van der Waals surface area contributed by atoms with Crippen LogP contribution in [-0.2, 0) is 0 Å². The van der Waals surface area contributed by atoms with E-state index in [2.05, 4.69) is 30.8 Å². The number of urea groups is 1. The quantitative estimate of drug-likeness (QED) is 0.379. The van der Waals surface area contributed by atoms with Gasteiger partial charge < -0.3 is 15.6 Å². The van der Waals surface area contributed by atoms with Crippen molar-refractivity contribution in [1.29, 1.82) is 0 Å². The van der Waals surface area contributed by atoms with Gasteiger partial charge in [0.2, 0.25) is 0 Å². The zero-order valence-corrected chi connectivity index (χ0v) is 15.6. The Morgan fingerprint density at radius 2 is 2.00 bits per heavy atom. The van der Waals surface area contributed by atoms with Crippen LogP contribution in [0.4, 0.5) is 16.2 Å². The van der Waals surface area contributed by atoms with E-state index in [9.17, 15) is 4.79 Å². The van der Waals surface area contributed by atoms with Gasteiger partial charge in [-0.2, -0.15) is 5.10 Å². The summed E-state index contributed by atoms with van der Waals surface area (Å²) < 4.78 is 0. The summed E-state index contributed by atoms with van der Waals surface area (Å²) >= 11 is 12.1. The molecule has 136 valence electrons. The summed E-state index contributed by atoms with van der Waals surface area (Å²) in [6, 6.07) is 10.2. The number of aromatic amines is 2. The Kier molecular flexibility index (Phi) is 4.47. The molecular formula is C18H14Cl2N6O. The summed E-state index contributed by atoms with van der Waals surface area (Å²) in [5.41, 5.74) is 4.43. The van der Waals surface area contributed by atoms with Crippen molar-refractivity contribution in [1.82, 2.24) is 20.2 Å². The lowest BCUT2D eigenvalue weighted by molar-refractivity contribution is 0.262. The summed E-state index contributed by atoms with van der Waals surface area (Å²) in [7, 11) is 0. The van der Waals surface area contributed by atoms with Crippen molar-refractivity contribution in [2.45, 2.75) is 6.92 Å². The third-order valence-corrected chi connectivity index (χ3v) is 4.87. The second-order valence-electron chi connectivity index (χ2n) is 5.93. The third-order valence-electron chi connectivity index (χ3n) is 4.05. The number of anilines is 2. The predicted octanol–water partition coefficient (Wildman–Crippen LogP) is 5.21. The molecule has 0 bridgehead atoms. The first kappa shape index (κ1) is 17.4. The van der Waals surface area contributed by atoms with Crippen LogP contribution in [0.5, 0.6) is 0 Å². The Labute approximate surface area is 164 Å². The molecule has 0 aliphatic carbocycles. The van der Waals surface area contributed by atoms with Crippen LogP contribution in [0.1, 0.15) is 5.56 Å². The Hall–Kier alpha value is -3.03. The molecule has 0 aliphatic heterocycles. The molecule has 27 heavy (non-hydrogen) atoms. The van der Waals surface area contributed by atoms with E-state index in [1.54, 1.807) is 24.4 Å². The number of H-pyrrole nitrogens is 2. The zero-order valence-electron chi connectivity index (χ0n) is 14.1. The smallest absolute Gasteiger partial charge is 0.323 e. The topological polar surface area (TPSA) is 98.5 Å². The van der Waals surface area contributed by atoms with Crippen LogP contribution in [0.3, 0.4) is 0 Å². The SMILES string of the molecule is Cc1ccc(NC(=O)Nc2cccc(Cl)c2Cl)cc1-c1nc2[nH]ncc2[nH]1. The van der Waals surface area contributed by atoms with Crippen molar-refractivity contribution >= 4 is 51.8 Å². The Bertz CT molecular complexity index is 1120. The van der Waals surface area contributed by atoms with E-state index in [4.69, 9.17) is 23.2 Å². The molecular weight excluding hydrogens is 387 g/mol. The van der Waals surface area contributed by atoms with Crippen LogP contribution in [0.2, 0.25) is 10.0 Å². The van der Waals surface area contributed by atoms with Gasteiger partial charge in [0.05, 0.1) is 21.9 Å². The van der Waals surface area contributed by atoms with Crippen LogP contribution >= 0.6 is 23.2 Å². The molecule has 9 heteroatoms. The number of nitrogens with zero attached hydrogens (tertiary/aromatic N) is 2. The van der Waals surface area contributed by atoms with E-state index in [1.807, 2.05) is 25.1 Å². The highest BCUT2D eigenvalue weighted by atomic mass is 35.5. The predicted molar refractivity (Wildman–Crippen MR) is 108 cm³/mol. The number of carbonyl (C=O) groups is 1. The first-order valence-corrected chi connectivity index (χ1v) is 8.79. The van der Waals surface area contributed by atoms with E-state index in [0.717, 1.165) is 16.6 Å². The molecule has 0 aliphatic rings. The van der Waals surface area contributed by atoms with E-state index in [1.165, 1.54) is 0 Å². The molecule has 2 aromatic carbocycles. The van der Waals surface area contributed by atoms with E-state index < -0.39 is 6.03 Å². The van der Waals surface area contributed by atoms with Gasteiger partial charge in [-0.05, 0) is 36.8 Å². The number of aromatic nitrogens is 4. The van der Waals surface area contributed by atoms with Gasteiger partial charge in [0.15, 0.2) is 5.65 Å². The number of nitrogens with one attached hydrogen (secondary N) is 4. The molecule has 0 saturated heterocycles. The lowest BCUT2D eigenvalue weighted by Crippen LogP contribution is -2.19. The second kappa shape index (κ2) is 6.94. The molecule has 2 heterocycles. The lowest BCUT2D eigenvalue weighted by Gasteiger charge is -2.11. The van der Waals surface area contributed by atoms with Crippen molar-refractivity contribution in [2.75, 3.05) is 10.6 Å². The van der Waals surface area contributed by atoms with Gasteiger partial charge in [-0.15, -0.1) is 0 Å². The molecule has 2 aromatic heterocycles. The van der Waals surface area contributed by atoms with Crippen molar-refractivity contribution in [3.63, 3.8) is 0 Å². The maximum absolute atomic E-state index is 12.3. The van der Waals surface area contributed by atoms with Gasteiger partial charge >= 0.3 is 6.03 Å². The number of aryl methyl sites for hydroxylation is 1. The Morgan fingerprint density at radius 1 is 1.15 bits per heavy atom. The zero-order chi connectivity index (χ0) is 19.0. The minimum absolute atomic E-state index is 0.290. The van der Waals surface area contributed by atoms with Crippen molar-refractivity contribution in [3.8, 4) is 11.4 Å². The Morgan fingerprint density at radius 3 is 2.81 bits per heavy atom. The normalized spacial score (nSPS) is 10.9. The van der Waals surface area contributed by atoms with Gasteiger partial charge in [0.25, 0.3) is 0 Å². The monoisotopic (exact) mass is 400 g/mol. The fourth-order valence-electron chi connectivity index (χ4n) is 2.69. The molecule has 0 saturated carbocycles. The minimum Gasteiger partial charge on any atom is -0.335 e. The molecule has 0 fully saturated rings. The van der Waals surface area contributed by atoms with Gasteiger partial charge in [0.1, 0.15) is 11.3 Å². The number of rotatable bonds is 3. The van der Waals surface area contributed by atoms with Gasteiger partial charge in [-0.1, -0.05) is 35.3 Å². The van der Waals surface area contributed by atoms with Crippen LogP contribution in [0.15, 0.2) is 42.6 Å². The average molecular weight is 401 g/mol. The van der Waals surface area contributed by atoms with E-state index >= 15 is 0 Å². The number of benzene rings is 2.